The summed E-state index contributed by atoms with van der Waals surface area (Å²) in [5.74, 6) is -0.636. The van der Waals surface area contributed by atoms with Gasteiger partial charge in [0, 0.05) is 20.3 Å². The predicted octanol–water partition coefficient (Wildman–Crippen LogP) is 2.05. The number of hydrogen-bond acceptors (Lipinski definition) is 2. The van der Waals surface area contributed by atoms with Crippen LogP contribution in [0.3, 0.4) is 0 Å². The molecule has 1 aromatic rings. The van der Waals surface area contributed by atoms with E-state index in [9.17, 15) is 9.18 Å². The molecule has 0 saturated carbocycles. The highest BCUT2D eigenvalue weighted by atomic mass is 19.1. The lowest BCUT2D eigenvalue weighted by Crippen LogP contribution is -2.22. The third kappa shape index (κ3) is 2.52. The van der Waals surface area contributed by atoms with Crippen LogP contribution in [0, 0.1) is 5.82 Å². The molecule has 0 bridgehead atoms. The summed E-state index contributed by atoms with van der Waals surface area (Å²) < 4.78 is 13.5. The van der Waals surface area contributed by atoms with Gasteiger partial charge in [0.1, 0.15) is 5.82 Å². The average Bonchev–Trinajstić information content (AvgIpc) is 2.15. The topological polar surface area (TPSA) is 33.2 Å². The number of carbonyl (C=O) groups excluding carboxylic acids is 1. The van der Waals surface area contributed by atoms with Gasteiger partial charge >= 0.3 is 0 Å². The fraction of sp³-hybridized carbons (Fsp3) is 0.455. The number of hydrogen-bond donors (Lipinski definition) is 0. The summed E-state index contributed by atoms with van der Waals surface area (Å²) in [7, 11) is 3.24. The van der Waals surface area contributed by atoms with Crippen LogP contribution in [0.25, 0.3) is 0 Å². The van der Waals surface area contributed by atoms with Crippen molar-refractivity contribution in [3.8, 4) is 0 Å². The molecule has 1 amide bonds. The van der Waals surface area contributed by atoms with E-state index < -0.39 is 5.82 Å². The van der Waals surface area contributed by atoms with E-state index in [0.717, 1.165) is 0 Å². The van der Waals surface area contributed by atoms with Crippen molar-refractivity contribution in [1.29, 1.82) is 0 Å². The van der Waals surface area contributed by atoms with E-state index in [1.165, 1.54) is 17.2 Å². The van der Waals surface area contributed by atoms with Crippen LogP contribution in [0.4, 0.5) is 4.39 Å². The second-order valence-corrected chi connectivity index (χ2v) is 3.95. The first kappa shape index (κ1) is 11.6. The number of pyridine rings is 1. The Balaban J connectivity index is 3.07. The van der Waals surface area contributed by atoms with E-state index >= 15 is 0 Å². The number of carbonyl (C=O) groups is 1. The normalized spacial score (nSPS) is 10.5. The second-order valence-electron chi connectivity index (χ2n) is 3.95. The second kappa shape index (κ2) is 4.38. The lowest BCUT2D eigenvalue weighted by atomic mass is 10.1. The average molecular weight is 210 g/mol. The highest BCUT2D eigenvalue weighted by Crippen LogP contribution is 2.16. The molecule has 0 saturated heterocycles. The Hall–Kier alpha value is -1.45. The molecule has 0 N–H and O–H groups in total. The first-order chi connectivity index (χ1) is 6.93. The molecule has 0 unspecified atom stereocenters. The number of rotatable bonds is 2. The van der Waals surface area contributed by atoms with Gasteiger partial charge in [-0.05, 0) is 12.0 Å². The van der Waals surface area contributed by atoms with Gasteiger partial charge < -0.3 is 4.90 Å². The Morgan fingerprint density at radius 3 is 2.47 bits per heavy atom. The van der Waals surface area contributed by atoms with Crippen LogP contribution in [-0.2, 0) is 0 Å². The van der Waals surface area contributed by atoms with E-state index in [0.29, 0.717) is 5.69 Å². The molecule has 0 aliphatic carbocycles. The van der Waals surface area contributed by atoms with Crippen molar-refractivity contribution < 1.29 is 9.18 Å². The molecule has 15 heavy (non-hydrogen) atoms. The van der Waals surface area contributed by atoms with Gasteiger partial charge in [-0.3, -0.25) is 9.78 Å². The summed E-state index contributed by atoms with van der Waals surface area (Å²) in [6.07, 6.45) is 1.42. The molecule has 82 valence electrons. The van der Waals surface area contributed by atoms with Crippen LogP contribution < -0.4 is 0 Å². The van der Waals surface area contributed by atoms with Crippen LogP contribution in [0.1, 0.15) is 35.8 Å². The van der Waals surface area contributed by atoms with Crippen LogP contribution in [-0.4, -0.2) is 29.9 Å². The molecular weight excluding hydrogens is 195 g/mol. The first-order valence-electron chi connectivity index (χ1n) is 4.80. The minimum atomic E-state index is -0.419. The molecule has 0 radical (unpaired) electrons. The van der Waals surface area contributed by atoms with Gasteiger partial charge in [-0.2, -0.15) is 0 Å². The summed E-state index contributed by atoms with van der Waals surface area (Å²) in [6.45, 7) is 3.72. The zero-order valence-corrected chi connectivity index (χ0v) is 9.41. The highest BCUT2D eigenvalue weighted by molar-refractivity contribution is 5.93. The van der Waals surface area contributed by atoms with Gasteiger partial charge in [-0.15, -0.1) is 0 Å². The molecule has 0 aliphatic heterocycles. The number of nitrogens with zero attached hydrogens (tertiary/aromatic N) is 2. The van der Waals surface area contributed by atoms with Gasteiger partial charge in [0.05, 0.1) is 11.3 Å². The third-order valence-corrected chi connectivity index (χ3v) is 2.07. The van der Waals surface area contributed by atoms with Crippen molar-refractivity contribution in [1.82, 2.24) is 9.88 Å². The van der Waals surface area contributed by atoms with Gasteiger partial charge in [0.25, 0.3) is 5.91 Å². The van der Waals surface area contributed by atoms with E-state index in [1.807, 2.05) is 13.8 Å². The van der Waals surface area contributed by atoms with Crippen LogP contribution >= 0.6 is 0 Å². The zero-order valence-electron chi connectivity index (χ0n) is 9.41. The first-order valence-corrected chi connectivity index (χ1v) is 4.80. The smallest absolute Gasteiger partial charge is 0.255 e. The summed E-state index contributed by atoms with van der Waals surface area (Å²) in [5.41, 5.74) is 0.673. The highest BCUT2D eigenvalue weighted by Gasteiger charge is 2.13. The van der Waals surface area contributed by atoms with Gasteiger partial charge in [0.2, 0.25) is 0 Å². The van der Waals surface area contributed by atoms with E-state index in [-0.39, 0.29) is 17.4 Å². The maximum atomic E-state index is 13.5. The maximum Gasteiger partial charge on any atom is 0.255 e. The molecule has 3 nitrogen and oxygen atoms in total. The SMILES string of the molecule is CC(C)c1ncc(C(=O)N(C)C)cc1F. The Labute approximate surface area is 88.9 Å². The fourth-order valence-electron chi connectivity index (χ4n) is 1.25. The van der Waals surface area contributed by atoms with Gasteiger partial charge in [-0.25, -0.2) is 4.39 Å². The zero-order chi connectivity index (χ0) is 11.6. The summed E-state index contributed by atoms with van der Waals surface area (Å²) in [5, 5.41) is 0. The Morgan fingerprint density at radius 2 is 2.07 bits per heavy atom. The Kier molecular flexibility index (Phi) is 3.39. The monoisotopic (exact) mass is 210 g/mol. The summed E-state index contributed by atoms with van der Waals surface area (Å²) in [6, 6.07) is 1.24. The quantitative estimate of drug-likeness (QED) is 0.748. The van der Waals surface area contributed by atoms with Crippen molar-refractivity contribution >= 4 is 5.91 Å². The molecule has 1 rings (SSSR count). The van der Waals surface area contributed by atoms with Crippen molar-refractivity contribution in [3.05, 3.63) is 29.3 Å². The fourth-order valence-corrected chi connectivity index (χ4v) is 1.25. The van der Waals surface area contributed by atoms with Gasteiger partial charge in [-0.1, -0.05) is 13.8 Å². The third-order valence-electron chi connectivity index (χ3n) is 2.07. The number of halogens is 1. The molecular formula is C11H15FN2O. The molecule has 4 heteroatoms. The Morgan fingerprint density at radius 1 is 1.47 bits per heavy atom. The molecule has 1 aromatic heterocycles. The van der Waals surface area contributed by atoms with E-state index in [2.05, 4.69) is 4.98 Å². The number of aromatic nitrogens is 1. The summed E-state index contributed by atoms with van der Waals surface area (Å²) >= 11 is 0. The number of amides is 1. The minimum absolute atomic E-state index is 0.0218. The van der Waals surface area contributed by atoms with Crippen molar-refractivity contribution in [2.24, 2.45) is 0 Å². The summed E-state index contributed by atoms with van der Waals surface area (Å²) in [4.78, 5) is 16.9. The molecule has 0 aliphatic rings. The molecule has 0 atom stereocenters. The van der Waals surface area contributed by atoms with Crippen molar-refractivity contribution in [2.75, 3.05) is 14.1 Å². The standard InChI is InChI=1S/C11H15FN2O/c1-7(2)10-9(12)5-8(6-13-10)11(15)14(3)4/h5-7H,1-4H3. The van der Waals surface area contributed by atoms with E-state index in [4.69, 9.17) is 0 Å². The predicted molar refractivity (Wildman–Crippen MR) is 56.3 cm³/mol. The molecule has 0 aromatic carbocycles. The van der Waals surface area contributed by atoms with Crippen molar-refractivity contribution in [3.63, 3.8) is 0 Å². The molecule has 0 spiro atoms. The van der Waals surface area contributed by atoms with Crippen molar-refractivity contribution in [2.45, 2.75) is 19.8 Å². The lowest BCUT2D eigenvalue weighted by Gasteiger charge is -2.11. The van der Waals surface area contributed by atoms with E-state index in [1.54, 1.807) is 14.1 Å². The van der Waals surface area contributed by atoms with Gasteiger partial charge in [0.15, 0.2) is 0 Å². The Bertz CT molecular complexity index is 375. The van der Waals surface area contributed by atoms with Crippen LogP contribution in [0.15, 0.2) is 12.3 Å². The van der Waals surface area contributed by atoms with Crippen LogP contribution in [0.2, 0.25) is 0 Å². The maximum absolute atomic E-state index is 13.5. The molecule has 1 heterocycles. The minimum Gasteiger partial charge on any atom is -0.345 e. The van der Waals surface area contributed by atoms with Crippen LogP contribution in [0.5, 0.6) is 0 Å². The molecule has 0 fully saturated rings. The largest absolute Gasteiger partial charge is 0.345 e. The lowest BCUT2D eigenvalue weighted by molar-refractivity contribution is 0.0826.